The number of hydrogen-bond acceptors (Lipinski definition) is 6. The fourth-order valence-electron chi connectivity index (χ4n) is 1.87. The fourth-order valence-corrected chi connectivity index (χ4v) is 2.95. The first-order valence-corrected chi connectivity index (χ1v) is 7.92. The molecule has 1 rings (SSSR count). The Morgan fingerprint density at radius 1 is 1.24 bits per heavy atom. The molecule has 0 aliphatic rings. The van der Waals surface area contributed by atoms with E-state index in [1.807, 2.05) is 13.8 Å². The van der Waals surface area contributed by atoms with Gasteiger partial charge in [0.2, 0.25) is 0 Å². The molecule has 6 nitrogen and oxygen atoms in total. The summed E-state index contributed by atoms with van der Waals surface area (Å²) in [4.78, 5) is 19.6. The molecular formula is C14H22N2O4S. The van der Waals surface area contributed by atoms with Gasteiger partial charge in [-0.3, -0.25) is 0 Å². The molecule has 21 heavy (non-hydrogen) atoms. The number of carbonyl (C=O) groups is 1. The lowest BCUT2D eigenvalue weighted by Gasteiger charge is -2.16. The van der Waals surface area contributed by atoms with Crippen molar-refractivity contribution in [3.63, 3.8) is 0 Å². The number of thioether (sulfide) groups is 1. The Morgan fingerprint density at radius 2 is 1.86 bits per heavy atom. The molecule has 0 saturated carbocycles. The summed E-state index contributed by atoms with van der Waals surface area (Å²) in [6.07, 6.45) is 0.415. The van der Waals surface area contributed by atoms with Crippen LogP contribution in [0, 0.1) is 13.8 Å². The molecule has 0 radical (unpaired) electrons. The second-order valence-electron chi connectivity index (χ2n) is 4.32. The maximum absolute atomic E-state index is 11.3. The first-order valence-electron chi connectivity index (χ1n) is 6.94. The summed E-state index contributed by atoms with van der Waals surface area (Å²) in [7, 11) is 0. The maximum Gasteiger partial charge on any atom is 0.340 e. The van der Waals surface area contributed by atoms with E-state index in [9.17, 15) is 9.90 Å². The van der Waals surface area contributed by atoms with Crippen LogP contribution in [0.1, 0.15) is 42.1 Å². The second kappa shape index (κ2) is 8.96. The van der Waals surface area contributed by atoms with Crippen LogP contribution in [0.2, 0.25) is 0 Å². The van der Waals surface area contributed by atoms with Crippen molar-refractivity contribution in [3.05, 3.63) is 17.1 Å². The largest absolute Gasteiger partial charge is 0.478 e. The van der Waals surface area contributed by atoms with E-state index in [0.29, 0.717) is 41.9 Å². The Balaban J connectivity index is 2.72. The number of nitrogens with zero attached hydrogens (tertiary/aromatic N) is 2. The first kappa shape index (κ1) is 17.9. The fraction of sp³-hybridized carbons (Fsp3) is 0.643. The summed E-state index contributed by atoms with van der Waals surface area (Å²) < 4.78 is 10.9. The van der Waals surface area contributed by atoms with Gasteiger partial charge in [-0.25, -0.2) is 14.8 Å². The number of hydrogen-bond donors (Lipinski definition) is 1. The van der Waals surface area contributed by atoms with Gasteiger partial charge in [-0.05, 0) is 27.7 Å². The SMILES string of the molecule is CCOC(CCSc1nc(C)nc(C)c1C(=O)O)OCC. The molecule has 118 valence electrons. The summed E-state index contributed by atoms with van der Waals surface area (Å²) in [5.41, 5.74) is 0.665. The Hall–Kier alpha value is -1.18. The van der Waals surface area contributed by atoms with E-state index < -0.39 is 5.97 Å². The van der Waals surface area contributed by atoms with Crippen LogP contribution in [-0.4, -0.2) is 46.3 Å². The van der Waals surface area contributed by atoms with Crippen molar-refractivity contribution in [1.82, 2.24) is 9.97 Å². The summed E-state index contributed by atoms with van der Waals surface area (Å²) in [6, 6.07) is 0. The maximum atomic E-state index is 11.3. The lowest BCUT2D eigenvalue weighted by atomic mass is 10.2. The molecule has 0 saturated heterocycles. The Bertz CT molecular complexity index is 476. The van der Waals surface area contributed by atoms with Gasteiger partial charge in [0.15, 0.2) is 6.29 Å². The van der Waals surface area contributed by atoms with Gasteiger partial charge >= 0.3 is 5.97 Å². The zero-order valence-electron chi connectivity index (χ0n) is 12.9. The smallest absolute Gasteiger partial charge is 0.340 e. The van der Waals surface area contributed by atoms with Gasteiger partial charge in [0, 0.05) is 25.4 Å². The lowest BCUT2D eigenvalue weighted by molar-refractivity contribution is -0.136. The predicted octanol–water partition coefficient (Wildman–Crippen LogP) is 2.67. The second-order valence-corrected chi connectivity index (χ2v) is 5.40. The average Bonchev–Trinajstić information content (AvgIpc) is 2.37. The highest BCUT2D eigenvalue weighted by molar-refractivity contribution is 7.99. The third-order valence-electron chi connectivity index (χ3n) is 2.68. The molecule has 0 aromatic carbocycles. The van der Waals surface area contributed by atoms with Crippen molar-refractivity contribution in [2.45, 2.75) is 45.4 Å². The molecular weight excluding hydrogens is 292 g/mol. The normalized spacial score (nSPS) is 11.1. The molecule has 1 aromatic rings. The Kier molecular flexibility index (Phi) is 7.63. The molecule has 0 atom stereocenters. The minimum absolute atomic E-state index is 0.176. The number of ether oxygens (including phenoxy) is 2. The van der Waals surface area contributed by atoms with Gasteiger partial charge in [-0.1, -0.05) is 0 Å². The van der Waals surface area contributed by atoms with Crippen molar-refractivity contribution in [2.24, 2.45) is 0 Å². The minimum atomic E-state index is -0.999. The molecule has 7 heteroatoms. The highest BCUT2D eigenvalue weighted by atomic mass is 32.2. The van der Waals surface area contributed by atoms with E-state index >= 15 is 0 Å². The lowest BCUT2D eigenvalue weighted by Crippen LogP contribution is -2.18. The molecule has 1 aromatic heterocycles. The van der Waals surface area contributed by atoms with Gasteiger partial charge in [-0.2, -0.15) is 0 Å². The summed E-state index contributed by atoms with van der Waals surface area (Å²) >= 11 is 1.39. The highest BCUT2D eigenvalue weighted by Crippen LogP contribution is 2.24. The summed E-state index contributed by atoms with van der Waals surface area (Å²) in [6.45, 7) is 8.44. The quantitative estimate of drug-likeness (QED) is 0.426. The van der Waals surface area contributed by atoms with Gasteiger partial charge in [0.05, 0.1) is 5.69 Å². The van der Waals surface area contributed by atoms with Crippen molar-refractivity contribution in [3.8, 4) is 0 Å². The van der Waals surface area contributed by atoms with E-state index in [4.69, 9.17) is 9.47 Å². The van der Waals surface area contributed by atoms with Crippen LogP contribution in [0.3, 0.4) is 0 Å². The summed E-state index contributed by atoms with van der Waals surface area (Å²) in [5, 5.41) is 9.77. The van der Waals surface area contributed by atoms with Crippen LogP contribution in [0.4, 0.5) is 0 Å². The predicted molar refractivity (Wildman–Crippen MR) is 80.8 cm³/mol. The third kappa shape index (κ3) is 5.61. The van der Waals surface area contributed by atoms with E-state index in [1.54, 1.807) is 13.8 Å². The van der Waals surface area contributed by atoms with Crippen LogP contribution in [-0.2, 0) is 9.47 Å². The molecule has 1 heterocycles. The van der Waals surface area contributed by atoms with Gasteiger partial charge in [0.1, 0.15) is 16.4 Å². The molecule has 0 amide bonds. The average molecular weight is 314 g/mol. The third-order valence-corrected chi connectivity index (χ3v) is 3.69. The Labute approximate surface area is 129 Å². The molecule has 0 spiro atoms. The van der Waals surface area contributed by atoms with Crippen LogP contribution in [0.15, 0.2) is 5.03 Å². The van der Waals surface area contributed by atoms with E-state index in [-0.39, 0.29) is 11.9 Å². The van der Waals surface area contributed by atoms with Gasteiger partial charge in [0.25, 0.3) is 0 Å². The van der Waals surface area contributed by atoms with Crippen molar-refractivity contribution < 1.29 is 19.4 Å². The molecule has 1 N–H and O–H groups in total. The number of aromatic carboxylic acids is 1. The molecule has 0 unspecified atom stereocenters. The first-order chi connectivity index (χ1) is 9.99. The van der Waals surface area contributed by atoms with Crippen molar-refractivity contribution in [1.29, 1.82) is 0 Å². The zero-order valence-corrected chi connectivity index (χ0v) is 13.7. The minimum Gasteiger partial charge on any atom is -0.478 e. The number of carboxylic acids is 1. The topological polar surface area (TPSA) is 81.5 Å². The van der Waals surface area contributed by atoms with Crippen molar-refractivity contribution in [2.75, 3.05) is 19.0 Å². The number of aromatic nitrogens is 2. The van der Waals surface area contributed by atoms with Gasteiger partial charge < -0.3 is 14.6 Å². The van der Waals surface area contributed by atoms with Crippen molar-refractivity contribution >= 4 is 17.7 Å². The van der Waals surface area contributed by atoms with Crippen LogP contribution in [0.25, 0.3) is 0 Å². The van der Waals surface area contributed by atoms with Crippen LogP contribution < -0.4 is 0 Å². The number of carboxylic acid groups (broad SMARTS) is 1. The van der Waals surface area contributed by atoms with E-state index in [0.717, 1.165) is 0 Å². The van der Waals surface area contributed by atoms with Crippen LogP contribution in [0.5, 0.6) is 0 Å². The Morgan fingerprint density at radius 3 is 2.38 bits per heavy atom. The zero-order chi connectivity index (χ0) is 15.8. The standard InChI is InChI=1S/C14H22N2O4S/c1-5-19-11(20-6-2)7-8-21-13-12(14(17)18)9(3)15-10(4)16-13/h11H,5-8H2,1-4H3,(H,17,18). The molecule has 0 aliphatic heterocycles. The van der Waals surface area contributed by atoms with E-state index in [1.165, 1.54) is 11.8 Å². The van der Waals surface area contributed by atoms with E-state index in [2.05, 4.69) is 9.97 Å². The van der Waals surface area contributed by atoms with Crippen LogP contribution >= 0.6 is 11.8 Å². The molecule has 0 fully saturated rings. The number of aryl methyl sites for hydroxylation is 2. The monoisotopic (exact) mass is 314 g/mol. The summed E-state index contributed by atoms with van der Waals surface area (Å²) in [5.74, 6) is 0.244. The highest BCUT2D eigenvalue weighted by Gasteiger charge is 2.18. The number of rotatable bonds is 9. The van der Waals surface area contributed by atoms with Gasteiger partial charge in [-0.15, -0.1) is 11.8 Å². The molecule has 0 bridgehead atoms. The molecule has 0 aliphatic carbocycles.